The van der Waals surface area contributed by atoms with Crippen LogP contribution in [0.4, 0.5) is 18.0 Å². The smallest absolute Gasteiger partial charge is 0.416 e. The van der Waals surface area contributed by atoms with Crippen LogP contribution >= 0.6 is 0 Å². The Morgan fingerprint density at radius 1 is 0.980 bits per heavy atom. The molecule has 3 amide bonds. The Balaban J connectivity index is 1.46. The first-order valence-electron chi connectivity index (χ1n) is 15.9. The number of hydrogen-bond donors (Lipinski definition) is 1. The fourth-order valence-electron chi connectivity index (χ4n) is 6.01. The minimum Gasteiger partial charge on any atom is -0.460 e. The molecule has 0 spiro atoms. The molecule has 5 rings (SSSR count). The highest BCUT2D eigenvalue weighted by Gasteiger charge is 2.58. The van der Waals surface area contributed by atoms with E-state index >= 15 is 0 Å². The standard InChI is InChI=1S/C37H38F3N3O6/c1-36(2,3)49-31(44)20-19-29(33(45)41-22-25-13-10-16-27(21-25)37(38,39)40)42-28(18-17-24-11-6-4-7-12-24)32(34(42)46)43-30(23-48-35(43)47)26-14-8-5-9-15-26/h4-18,21,28-30,32H,19-20,22-23H2,1-3H3,(H,41,45)/t28-,29+,30-,32+/m1/s1. The number of rotatable bonds is 11. The van der Waals surface area contributed by atoms with E-state index in [1.54, 1.807) is 32.9 Å². The van der Waals surface area contributed by atoms with Gasteiger partial charge in [-0.05, 0) is 56.0 Å². The van der Waals surface area contributed by atoms with Gasteiger partial charge in [0.1, 0.15) is 24.3 Å². The molecule has 12 heteroatoms. The first kappa shape index (κ1) is 35.2. The number of β-lactam (4-membered cyclic amide) rings is 1. The molecule has 3 aromatic rings. The summed E-state index contributed by atoms with van der Waals surface area (Å²) in [5, 5.41) is 2.66. The molecule has 0 radical (unpaired) electrons. The monoisotopic (exact) mass is 677 g/mol. The van der Waals surface area contributed by atoms with Crippen molar-refractivity contribution in [2.45, 2.75) is 76.1 Å². The van der Waals surface area contributed by atoms with Crippen molar-refractivity contribution >= 4 is 30.0 Å². The van der Waals surface area contributed by atoms with Crippen LogP contribution in [0.3, 0.4) is 0 Å². The molecule has 258 valence electrons. The largest absolute Gasteiger partial charge is 0.460 e. The van der Waals surface area contributed by atoms with E-state index < -0.39 is 65.4 Å². The predicted octanol–water partition coefficient (Wildman–Crippen LogP) is 6.30. The number of benzene rings is 3. The average Bonchev–Trinajstić information content (AvgIpc) is 3.43. The number of alkyl halides is 3. The van der Waals surface area contributed by atoms with E-state index in [-0.39, 0.29) is 31.6 Å². The molecule has 0 bridgehead atoms. The first-order chi connectivity index (χ1) is 23.2. The number of likely N-dealkylation sites (tertiary alicyclic amines) is 1. The third-order valence-corrected chi connectivity index (χ3v) is 8.23. The lowest BCUT2D eigenvalue weighted by atomic mass is 9.87. The maximum atomic E-state index is 14.2. The van der Waals surface area contributed by atoms with Gasteiger partial charge in [0.25, 0.3) is 0 Å². The van der Waals surface area contributed by atoms with E-state index in [4.69, 9.17) is 9.47 Å². The molecular weight excluding hydrogens is 639 g/mol. The quantitative estimate of drug-likeness (QED) is 0.189. The summed E-state index contributed by atoms with van der Waals surface area (Å²) in [5.74, 6) is -1.79. The highest BCUT2D eigenvalue weighted by atomic mass is 19.4. The second kappa shape index (κ2) is 14.6. The molecule has 2 aliphatic heterocycles. The van der Waals surface area contributed by atoms with E-state index in [1.165, 1.54) is 21.9 Å². The minimum absolute atomic E-state index is 0.0291. The van der Waals surface area contributed by atoms with Gasteiger partial charge in [-0.1, -0.05) is 84.9 Å². The van der Waals surface area contributed by atoms with Gasteiger partial charge in [-0.25, -0.2) is 4.79 Å². The zero-order valence-electron chi connectivity index (χ0n) is 27.4. The minimum atomic E-state index is -4.57. The number of carbonyl (C=O) groups excluding carboxylic acids is 4. The van der Waals surface area contributed by atoms with Crippen molar-refractivity contribution in [2.75, 3.05) is 6.61 Å². The molecule has 0 aromatic heterocycles. The second-order valence-electron chi connectivity index (χ2n) is 12.9. The third kappa shape index (κ3) is 8.48. The lowest BCUT2D eigenvalue weighted by Gasteiger charge is -2.52. The number of esters is 1. The van der Waals surface area contributed by atoms with Crippen molar-refractivity contribution in [3.63, 3.8) is 0 Å². The van der Waals surface area contributed by atoms with Crippen LogP contribution in [0, 0.1) is 0 Å². The number of hydrogen-bond acceptors (Lipinski definition) is 6. The summed E-state index contributed by atoms with van der Waals surface area (Å²) in [5.41, 5.74) is 0.125. The third-order valence-electron chi connectivity index (χ3n) is 8.23. The summed E-state index contributed by atoms with van der Waals surface area (Å²) in [7, 11) is 0. The van der Waals surface area contributed by atoms with Crippen LogP contribution < -0.4 is 5.32 Å². The zero-order chi connectivity index (χ0) is 35.3. The van der Waals surface area contributed by atoms with Crippen molar-refractivity contribution in [3.8, 4) is 0 Å². The van der Waals surface area contributed by atoms with Crippen molar-refractivity contribution in [3.05, 3.63) is 113 Å². The van der Waals surface area contributed by atoms with Gasteiger partial charge in [-0.3, -0.25) is 19.3 Å². The molecule has 0 unspecified atom stereocenters. The maximum absolute atomic E-state index is 14.2. The van der Waals surface area contributed by atoms with Crippen LogP contribution in [0.25, 0.3) is 6.08 Å². The molecule has 4 atom stereocenters. The van der Waals surface area contributed by atoms with Gasteiger partial charge in [0, 0.05) is 13.0 Å². The van der Waals surface area contributed by atoms with Gasteiger partial charge in [0.05, 0.1) is 17.6 Å². The number of ether oxygens (including phenoxy) is 2. The Morgan fingerprint density at radius 2 is 1.65 bits per heavy atom. The molecule has 49 heavy (non-hydrogen) atoms. The van der Waals surface area contributed by atoms with Crippen molar-refractivity contribution in [2.24, 2.45) is 0 Å². The topological polar surface area (TPSA) is 105 Å². The molecule has 3 aromatic carbocycles. The Bertz CT molecular complexity index is 1690. The van der Waals surface area contributed by atoms with Gasteiger partial charge < -0.3 is 19.7 Å². The summed E-state index contributed by atoms with van der Waals surface area (Å²) in [6.45, 7) is 4.89. The Kier molecular flexibility index (Phi) is 10.4. The summed E-state index contributed by atoms with van der Waals surface area (Å²) in [6, 6.07) is 19.3. The van der Waals surface area contributed by atoms with Crippen molar-refractivity contribution in [1.29, 1.82) is 0 Å². The average molecular weight is 678 g/mol. The molecule has 0 aliphatic carbocycles. The highest BCUT2D eigenvalue weighted by Crippen LogP contribution is 2.39. The van der Waals surface area contributed by atoms with Crippen LogP contribution in [0.2, 0.25) is 0 Å². The van der Waals surface area contributed by atoms with E-state index in [0.29, 0.717) is 0 Å². The molecule has 2 saturated heterocycles. The predicted molar refractivity (Wildman–Crippen MR) is 174 cm³/mol. The van der Waals surface area contributed by atoms with Crippen LogP contribution in [-0.4, -0.2) is 64.0 Å². The molecule has 2 aliphatic rings. The van der Waals surface area contributed by atoms with Gasteiger partial charge in [0.15, 0.2) is 0 Å². The summed E-state index contributed by atoms with van der Waals surface area (Å²) in [6.07, 6.45) is -2.09. The molecule has 2 fully saturated rings. The summed E-state index contributed by atoms with van der Waals surface area (Å²) < 4.78 is 50.9. The lowest BCUT2D eigenvalue weighted by molar-refractivity contribution is -0.165. The van der Waals surface area contributed by atoms with Crippen molar-refractivity contribution in [1.82, 2.24) is 15.1 Å². The van der Waals surface area contributed by atoms with Gasteiger partial charge >= 0.3 is 18.2 Å². The number of carbonyl (C=O) groups is 4. The number of cyclic esters (lactones) is 1. The van der Waals surface area contributed by atoms with E-state index in [1.807, 2.05) is 60.7 Å². The fraction of sp³-hybridized carbons (Fsp3) is 0.351. The first-order valence-corrected chi connectivity index (χ1v) is 15.9. The molecular formula is C37H38F3N3O6. The zero-order valence-corrected chi connectivity index (χ0v) is 27.4. The molecule has 0 saturated carbocycles. The fourth-order valence-corrected chi connectivity index (χ4v) is 6.01. The van der Waals surface area contributed by atoms with Crippen LogP contribution in [0.1, 0.15) is 61.9 Å². The SMILES string of the molecule is CC(C)(C)OC(=O)CC[C@@H](C(=O)NCc1cccc(C(F)(F)F)c1)N1C(=O)[C@@H](N2C(=O)OC[C@@H]2c2ccccc2)[C@H]1C=Cc1ccccc1. The number of amides is 3. The Morgan fingerprint density at radius 3 is 2.31 bits per heavy atom. The number of nitrogens with zero attached hydrogens (tertiary/aromatic N) is 2. The highest BCUT2D eigenvalue weighted by molar-refractivity contribution is 5.98. The summed E-state index contributed by atoms with van der Waals surface area (Å²) in [4.78, 5) is 56.7. The van der Waals surface area contributed by atoms with Crippen LogP contribution in [-0.2, 0) is 36.6 Å². The van der Waals surface area contributed by atoms with Crippen LogP contribution in [0.15, 0.2) is 91.0 Å². The van der Waals surface area contributed by atoms with E-state index in [9.17, 15) is 32.3 Å². The Labute approximate surface area is 282 Å². The number of nitrogens with one attached hydrogen (secondary N) is 1. The lowest BCUT2D eigenvalue weighted by Crippen LogP contribution is -2.74. The maximum Gasteiger partial charge on any atom is 0.416 e. The van der Waals surface area contributed by atoms with Gasteiger partial charge in [0.2, 0.25) is 11.8 Å². The Hall–Kier alpha value is -5.13. The summed E-state index contributed by atoms with van der Waals surface area (Å²) >= 11 is 0. The van der Waals surface area contributed by atoms with Crippen LogP contribution in [0.5, 0.6) is 0 Å². The van der Waals surface area contributed by atoms with Gasteiger partial charge in [-0.15, -0.1) is 0 Å². The normalized spacial score (nSPS) is 20.2. The molecule has 9 nitrogen and oxygen atoms in total. The molecule has 1 N–H and O–H groups in total. The van der Waals surface area contributed by atoms with E-state index in [0.717, 1.165) is 23.3 Å². The number of halogens is 3. The van der Waals surface area contributed by atoms with E-state index in [2.05, 4.69) is 5.32 Å². The van der Waals surface area contributed by atoms with Crippen molar-refractivity contribution < 1.29 is 41.8 Å². The van der Waals surface area contributed by atoms with Gasteiger partial charge in [-0.2, -0.15) is 13.2 Å². The second-order valence-corrected chi connectivity index (χ2v) is 12.9. The molecule has 2 heterocycles.